The van der Waals surface area contributed by atoms with Crippen LogP contribution in [-0.4, -0.2) is 144 Å². The Bertz CT molecular complexity index is 1560. The maximum absolute atomic E-state index is 13.9. The molecule has 0 unspecified atom stereocenters. The number of guanidine groups is 3. The minimum Gasteiger partial charge on any atom is -0.480 e. The average Bonchev–Trinajstić information content (AvgIpc) is 3.15. The molecule has 0 aliphatic heterocycles. The average molecular weight is 892 g/mol. The van der Waals surface area contributed by atoms with Gasteiger partial charge in [-0.05, 0) is 52.4 Å². The molecule has 0 aliphatic carbocycles. The van der Waals surface area contributed by atoms with E-state index in [1.165, 1.54) is 20.8 Å². The van der Waals surface area contributed by atoms with Crippen LogP contribution < -0.4 is 77.8 Å². The van der Waals surface area contributed by atoms with E-state index >= 15 is 0 Å². The van der Waals surface area contributed by atoms with E-state index in [0.717, 1.165) is 21.6 Å². The van der Waals surface area contributed by atoms with Crippen LogP contribution in [0.2, 0.25) is 0 Å². The Morgan fingerprint density at radius 3 is 1.23 bits per heavy atom. The van der Waals surface area contributed by atoms with Crippen molar-refractivity contribution in [3.05, 3.63) is 0 Å². The van der Waals surface area contributed by atoms with Gasteiger partial charge in [0, 0.05) is 38.1 Å². The molecule has 0 spiro atoms. The predicted octanol–water partition coefficient (Wildman–Crippen LogP) is -6.61. The van der Waals surface area contributed by atoms with Crippen molar-refractivity contribution < 1.29 is 43.5 Å². The summed E-state index contributed by atoms with van der Waals surface area (Å²) >= 11 is 0. The number of nitrogens with two attached hydrogens (primary N) is 8. The molecule has 0 radical (unpaired) electrons. The molecule has 0 fully saturated rings. The van der Waals surface area contributed by atoms with Gasteiger partial charge in [0.15, 0.2) is 17.9 Å². The van der Waals surface area contributed by atoms with Crippen molar-refractivity contribution in [2.45, 2.75) is 102 Å². The monoisotopic (exact) mass is 891 g/mol. The fraction of sp³-hybridized carbons (Fsp3) is 0.656. The molecule has 0 bridgehead atoms. The maximum Gasteiger partial charge on any atom is 0.321 e. The molecule has 7 atom stereocenters. The first kappa shape index (κ1) is 54.2. The standard InChI is InChI=1S/C32H61N17O9S2/c1-15(23(34)51)44-25(53)19(7-4-10-41-30(35)36)48-27(55)21(9-6-12-43-32(39)40)49-26(54)20(8-5-11-42-31(37)38)47-24(52)16(2)45-28(56)22(46-17(3)50)14-60-59-13-18(33)29(57)58/h15-16,18-22H,4-14,33H2,1-3H3,(H2,34,51)(H,44,53)(H,45,56)(H,46,50)(H,47,52)(H,48,55)(H,49,54)(H,57,58)(H4,35,36,41)(H4,37,38,42)(H4,39,40,43)/t15-,16-,18+,19-,20-,21-,22-/m1/s1. The third kappa shape index (κ3) is 24.9. The first-order valence-electron chi connectivity index (χ1n) is 18.5. The minimum atomic E-state index is -1.33. The summed E-state index contributed by atoms with van der Waals surface area (Å²) in [6, 6.07) is -8.54. The van der Waals surface area contributed by atoms with Gasteiger partial charge in [0.05, 0.1) is 0 Å². The Morgan fingerprint density at radius 2 is 0.867 bits per heavy atom. The van der Waals surface area contributed by atoms with Gasteiger partial charge in [-0.3, -0.25) is 53.3 Å². The van der Waals surface area contributed by atoms with E-state index in [1.807, 2.05) is 0 Å². The number of carboxylic acids is 1. The summed E-state index contributed by atoms with van der Waals surface area (Å²) in [5, 5.41) is 24.1. The van der Waals surface area contributed by atoms with E-state index in [2.05, 4.69) is 46.9 Å². The van der Waals surface area contributed by atoms with E-state index in [1.54, 1.807) is 0 Å². The van der Waals surface area contributed by atoms with Gasteiger partial charge in [0.1, 0.15) is 42.3 Å². The van der Waals surface area contributed by atoms with Gasteiger partial charge in [-0.1, -0.05) is 21.6 Å². The van der Waals surface area contributed by atoms with Crippen LogP contribution in [0.4, 0.5) is 0 Å². The third-order valence-electron chi connectivity index (χ3n) is 7.85. The molecule has 0 aliphatic rings. The van der Waals surface area contributed by atoms with Crippen LogP contribution in [0.15, 0.2) is 15.0 Å². The first-order valence-corrected chi connectivity index (χ1v) is 21.0. The highest BCUT2D eigenvalue weighted by atomic mass is 33.1. The highest BCUT2D eigenvalue weighted by molar-refractivity contribution is 8.76. The van der Waals surface area contributed by atoms with Crippen LogP contribution in [0.1, 0.15) is 59.3 Å². The van der Waals surface area contributed by atoms with Gasteiger partial charge in [-0.25, -0.2) is 0 Å². The van der Waals surface area contributed by atoms with Crippen LogP contribution in [0.25, 0.3) is 0 Å². The summed E-state index contributed by atoms with van der Waals surface area (Å²) in [5.74, 6) is -7.20. The molecule has 0 rings (SSSR count). The molecule has 60 heavy (non-hydrogen) atoms. The summed E-state index contributed by atoms with van der Waals surface area (Å²) < 4.78 is 0. The van der Waals surface area contributed by atoms with Crippen molar-refractivity contribution in [2.75, 3.05) is 31.1 Å². The van der Waals surface area contributed by atoms with Crippen LogP contribution in [-0.2, 0) is 38.4 Å². The molecule has 0 saturated carbocycles. The predicted molar refractivity (Wildman–Crippen MR) is 228 cm³/mol. The summed E-state index contributed by atoms with van der Waals surface area (Å²) in [4.78, 5) is 114. The zero-order valence-corrected chi connectivity index (χ0v) is 35.4. The van der Waals surface area contributed by atoms with Gasteiger partial charge in [0.25, 0.3) is 0 Å². The topological polar surface area (TPSA) is 474 Å². The molecule has 0 aromatic heterocycles. The molecule has 23 N–H and O–H groups in total. The Kier molecular flexibility index (Phi) is 26.6. The Labute approximate surface area is 354 Å². The van der Waals surface area contributed by atoms with Crippen LogP contribution in [0, 0.1) is 0 Å². The van der Waals surface area contributed by atoms with E-state index in [-0.39, 0.29) is 87.5 Å². The summed E-state index contributed by atoms with van der Waals surface area (Å²) in [7, 11) is 2.15. The zero-order chi connectivity index (χ0) is 45.9. The number of carboxylic acid groups (broad SMARTS) is 1. The van der Waals surface area contributed by atoms with Crippen molar-refractivity contribution in [1.29, 1.82) is 0 Å². The van der Waals surface area contributed by atoms with Crippen LogP contribution in [0.5, 0.6) is 0 Å². The SMILES string of the molecule is CC(=O)N[C@H](CSSC[C@H](N)C(=O)O)C(=O)N[C@H](C)C(=O)N[C@H](CCCN=C(N)N)C(=O)N[C@H](CCCN=C(N)N)C(=O)N[C@H](CCCN=C(N)N)C(=O)N[C@H](C)C(N)=O. The van der Waals surface area contributed by atoms with Crippen molar-refractivity contribution in [3.8, 4) is 0 Å². The molecule has 26 nitrogen and oxygen atoms in total. The number of carbonyl (C=O) groups excluding carboxylic acids is 7. The lowest BCUT2D eigenvalue weighted by Gasteiger charge is -2.26. The number of aliphatic imine (C=N–C) groups is 3. The number of hydrogen-bond acceptors (Lipinski definition) is 14. The second-order valence-electron chi connectivity index (χ2n) is 13.2. The number of nitrogens with zero attached hydrogens (tertiary/aromatic N) is 3. The highest BCUT2D eigenvalue weighted by Crippen LogP contribution is 2.22. The van der Waals surface area contributed by atoms with Gasteiger partial charge < -0.3 is 82.9 Å². The fourth-order valence-corrected chi connectivity index (χ4v) is 6.94. The number of primary amides is 1. The van der Waals surface area contributed by atoms with Crippen molar-refractivity contribution >= 4 is 86.8 Å². The lowest BCUT2D eigenvalue weighted by atomic mass is 10.0. The molecular formula is C32H61N17O9S2. The molecule has 340 valence electrons. The van der Waals surface area contributed by atoms with E-state index in [9.17, 15) is 38.4 Å². The van der Waals surface area contributed by atoms with Crippen molar-refractivity contribution in [1.82, 2.24) is 31.9 Å². The third-order valence-corrected chi connectivity index (χ3v) is 10.3. The largest absolute Gasteiger partial charge is 0.480 e. The number of aliphatic carboxylic acids is 1. The molecular weight excluding hydrogens is 831 g/mol. The Morgan fingerprint density at radius 1 is 0.517 bits per heavy atom. The maximum atomic E-state index is 13.9. The molecule has 28 heteroatoms. The zero-order valence-electron chi connectivity index (χ0n) is 33.8. The fourth-order valence-electron chi connectivity index (χ4n) is 4.66. The summed E-state index contributed by atoms with van der Waals surface area (Å²) in [6.07, 6.45) is 0.434. The van der Waals surface area contributed by atoms with Crippen LogP contribution in [0.3, 0.4) is 0 Å². The normalized spacial score (nSPS) is 14.1. The Balaban J connectivity index is 6.31. The van der Waals surface area contributed by atoms with Crippen molar-refractivity contribution in [2.24, 2.45) is 60.8 Å². The first-order chi connectivity index (χ1) is 28.0. The molecule has 0 heterocycles. The van der Waals surface area contributed by atoms with Gasteiger partial charge in [-0.2, -0.15) is 0 Å². The van der Waals surface area contributed by atoms with Crippen molar-refractivity contribution in [3.63, 3.8) is 0 Å². The minimum absolute atomic E-state index is 0.000785. The van der Waals surface area contributed by atoms with Crippen LogP contribution >= 0.6 is 21.6 Å². The second kappa shape index (κ2) is 29.4. The smallest absolute Gasteiger partial charge is 0.321 e. The van der Waals surface area contributed by atoms with E-state index in [4.69, 9.17) is 51.0 Å². The van der Waals surface area contributed by atoms with Gasteiger partial charge in [0.2, 0.25) is 41.4 Å². The Hall–Kier alpha value is -5.77. The van der Waals surface area contributed by atoms with E-state index in [0.29, 0.717) is 0 Å². The number of hydrogen-bond donors (Lipinski definition) is 15. The van der Waals surface area contributed by atoms with E-state index < -0.39 is 89.6 Å². The second-order valence-corrected chi connectivity index (χ2v) is 15.7. The lowest BCUT2D eigenvalue weighted by molar-refractivity contribution is -0.138. The molecule has 0 aromatic rings. The number of amides is 7. The number of carbonyl (C=O) groups is 8. The summed E-state index contributed by atoms with van der Waals surface area (Å²) in [6.45, 7) is 4.08. The lowest BCUT2D eigenvalue weighted by Crippen LogP contribution is -2.59. The molecule has 7 amide bonds. The number of rotatable bonds is 30. The molecule has 0 aromatic carbocycles. The van der Waals surface area contributed by atoms with Gasteiger partial charge in [-0.15, -0.1) is 0 Å². The number of nitrogens with one attached hydrogen (secondary N) is 6. The highest BCUT2D eigenvalue weighted by Gasteiger charge is 2.32. The van der Waals surface area contributed by atoms with Gasteiger partial charge >= 0.3 is 5.97 Å². The molecule has 0 saturated heterocycles. The quantitative estimate of drug-likeness (QED) is 0.0138. The summed E-state index contributed by atoms with van der Waals surface area (Å²) in [5.41, 5.74) is 43.3.